The average Bonchev–Trinajstić information content (AvgIpc) is 3.40. The number of ether oxygens (including phenoxy) is 11. The second kappa shape index (κ2) is 26.0. The number of hydrogen-bond acceptors (Lipinski definition) is 13. The summed E-state index contributed by atoms with van der Waals surface area (Å²) in [7, 11) is 3.08. The van der Waals surface area contributed by atoms with Gasteiger partial charge >= 0.3 is 6.09 Å². The Hall–Kier alpha value is -5.33. The zero-order valence-electron chi connectivity index (χ0n) is 39.0. The molecule has 3 fully saturated rings. The fourth-order valence-corrected chi connectivity index (χ4v) is 8.78. The van der Waals surface area contributed by atoms with E-state index in [1.807, 2.05) is 164 Å². The van der Waals surface area contributed by atoms with Crippen LogP contribution in [-0.2, 0) is 78.5 Å². The van der Waals surface area contributed by atoms with Gasteiger partial charge in [-0.25, -0.2) is 4.79 Å². The predicted molar refractivity (Wildman–Crippen MR) is 254 cm³/mol. The predicted octanol–water partition coefficient (Wildman–Crippen LogP) is 7.98. The normalized spacial score (nSPS) is 27.3. The highest BCUT2D eigenvalue weighted by molar-refractivity contribution is 5.67. The maximum atomic E-state index is 13.3. The van der Waals surface area contributed by atoms with Crippen LogP contribution in [-0.4, -0.2) is 106 Å². The van der Waals surface area contributed by atoms with Crippen LogP contribution < -0.4 is 5.32 Å². The molecule has 1 amide bonds. The van der Waals surface area contributed by atoms with Gasteiger partial charge in [0.05, 0.1) is 45.2 Å². The molecule has 14 nitrogen and oxygen atoms in total. The Bertz CT molecular complexity index is 2260. The Labute approximate surface area is 404 Å². The summed E-state index contributed by atoms with van der Waals surface area (Å²) in [5, 5.41) is 14.6. The van der Waals surface area contributed by atoms with Crippen molar-refractivity contribution < 1.29 is 62.0 Å². The van der Waals surface area contributed by atoms with E-state index in [0.717, 1.165) is 27.8 Å². The number of nitrogens with one attached hydrogen (secondary N) is 1. The standard InChI is InChI=1S/C55H63NO13/c1-59-53-46(56-55(58)66-36-41-26-14-6-15-27-41)49(48-45(68-53)37-65-52(69-48)42-28-16-7-17-29-42)61-31-19-18-30-43(57)32-44-47(62-33-38-20-8-3-9-21-38)50(63-34-39-22-10-4-11-23-39)51(54(60-2)67-44)64-35-40-24-12-5-13-25-40/h3-29,43-54,57H,30-37H2,1-2H3,(H,56,58)/b19-18+/t43-,44-,45-,46-,47-,48-,49-,50+,51-,52?,53+,54+/m1/s1. The topological polar surface area (TPSA) is 151 Å². The first-order chi connectivity index (χ1) is 33.9. The van der Waals surface area contributed by atoms with Gasteiger partial charge < -0.3 is 62.5 Å². The molecule has 1 unspecified atom stereocenters. The average molecular weight is 946 g/mol. The molecule has 0 radical (unpaired) electrons. The second-order valence-electron chi connectivity index (χ2n) is 17.1. The molecule has 0 bridgehead atoms. The Morgan fingerprint density at radius 3 is 1.70 bits per heavy atom. The first-order valence-corrected chi connectivity index (χ1v) is 23.5. The van der Waals surface area contributed by atoms with E-state index in [-0.39, 0.29) is 39.3 Å². The number of carbonyl (C=O) groups excluding carboxylic acids is 1. The van der Waals surface area contributed by atoms with Gasteiger partial charge in [-0.2, -0.15) is 0 Å². The lowest BCUT2D eigenvalue weighted by atomic mass is 9.93. The van der Waals surface area contributed by atoms with E-state index in [0.29, 0.717) is 13.2 Å². The molecule has 12 atom stereocenters. The van der Waals surface area contributed by atoms with Gasteiger partial charge in [0.2, 0.25) is 0 Å². The molecule has 0 aliphatic carbocycles. The number of methoxy groups -OCH3 is 2. The van der Waals surface area contributed by atoms with Crippen molar-refractivity contribution in [2.24, 2.45) is 0 Å². The lowest BCUT2D eigenvalue weighted by Gasteiger charge is -2.48. The van der Waals surface area contributed by atoms with Crippen molar-refractivity contribution in [3.8, 4) is 0 Å². The first kappa shape index (κ1) is 50.1. The molecular formula is C55H63NO13. The summed E-state index contributed by atoms with van der Waals surface area (Å²) in [5.41, 5.74) is 4.63. The molecule has 366 valence electrons. The Kier molecular flexibility index (Phi) is 18.9. The molecule has 8 rings (SSSR count). The zero-order valence-corrected chi connectivity index (χ0v) is 39.0. The van der Waals surface area contributed by atoms with Crippen LogP contribution in [0.2, 0.25) is 0 Å². The molecule has 0 spiro atoms. The van der Waals surface area contributed by atoms with Gasteiger partial charge in [0, 0.05) is 26.2 Å². The molecule has 0 saturated carbocycles. The Morgan fingerprint density at radius 1 is 0.609 bits per heavy atom. The third-order valence-electron chi connectivity index (χ3n) is 12.3. The lowest BCUT2D eigenvalue weighted by molar-refractivity contribution is -0.344. The minimum absolute atomic E-state index is 0.0723. The number of alkyl carbamates (subject to hydrolysis) is 1. The van der Waals surface area contributed by atoms with Crippen LogP contribution in [0.25, 0.3) is 0 Å². The minimum atomic E-state index is -0.904. The quantitative estimate of drug-likeness (QED) is 0.0647. The maximum absolute atomic E-state index is 13.3. The van der Waals surface area contributed by atoms with Crippen molar-refractivity contribution in [1.29, 1.82) is 0 Å². The van der Waals surface area contributed by atoms with E-state index in [9.17, 15) is 9.90 Å². The highest BCUT2D eigenvalue weighted by Crippen LogP contribution is 2.36. The number of aliphatic hydroxyl groups excluding tert-OH is 1. The van der Waals surface area contributed by atoms with E-state index in [1.54, 1.807) is 7.11 Å². The molecule has 69 heavy (non-hydrogen) atoms. The van der Waals surface area contributed by atoms with Gasteiger partial charge in [-0.3, -0.25) is 0 Å². The molecular weight excluding hydrogens is 883 g/mol. The number of hydrogen-bond donors (Lipinski definition) is 2. The van der Waals surface area contributed by atoms with Crippen molar-refractivity contribution in [2.75, 3.05) is 27.4 Å². The van der Waals surface area contributed by atoms with Gasteiger partial charge in [0.1, 0.15) is 49.3 Å². The minimum Gasteiger partial charge on any atom is -0.445 e. The van der Waals surface area contributed by atoms with Crippen LogP contribution in [0.3, 0.4) is 0 Å². The summed E-state index contributed by atoms with van der Waals surface area (Å²) in [5.74, 6) is 0. The number of benzene rings is 5. The summed E-state index contributed by atoms with van der Waals surface area (Å²) < 4.78 is 69.5. The molecule has 3 aliphatic heterocycles. The molecule has 5 aromatic rings. The Balaban J connectivity index is 0.959. The summed E-state index contributed by atoms with van der Waals surface area (Å²) in [6, 6.07) is 47.9. The van der Waals surface area contributed by atoms with Gasteiger partial charge in [-0.1, -0.05) is 164 Å². The summed E-state index contributed by atoms with van der Waals surface area (Å²) in [6.07, 6.45) is -4.34. The molecule has 3 saturated heterocycles. The van der Waals surface area contributed by atoms with Crippen molar-refractivity contribution in [3.63, 3.8) is 0 Å². The number of aliphatic hydroxyl groups is 1. The van der Waals surface area contributed by atoms with Crippen molar-refractivity contribution in [1.82, 2.24) is 5.32 Å². The van der Waals surface area contributed by atoms with Crippen molar-refractivity contribution in [2.45, 2.75) is 113 Å². The summed E-state index contributed by atoms with van der Waals surface area (Å²) in [4.78, 5) is 13.3. The van der Waals surface area contributed by atoms with Crippen LogP contribution in [0.1, 0.15) is 46.9 Å². The van der Waals surface area contributed by atoms with E-state index >= 15 is 0 Å². The molecule has 14 heteroatoms. The lowest BCUT2D eigenvalue weighted by Crippen LogP contribution is -2.67. The first-order valence-electron chi connectivity index (χ1n) is 23.5. The number of rotatable bonds is 22. The van der Waals surface area contributed by atoms with E-state index in [1.165, 1.54) is 7.11 Å². The van der Waals surface area contributed by atoms with Gasteiger partial charge in [-0.15, -0.1) is 0 Å². The highest BCUT2D eigenvalue weighted by atomic mass is 16.8. The van der Waals surface area contributed by atoms with Gasteiger partial charge in [0.15, 0.2) is 18.9 Å². The molecule has 2 N–H and O–H groups in total. The highest BCUT2D eigenvalue weighted by Gasteiger charge is 2.52. The van der Waals surface area contributed by atoms with Crippen molar-refractivity contribution >= 4 is 6.09 Å². The fraction of sp³-hybridized carbons (Fsp3) is 0.400. The third kappa shape index (κ3) is 14.2. The second-order valence-corrected chi connectivity index (χ2v) is 17.1. The van der Waals surface area contributed by atoms with Crippen LogP contribution >= 0.6 is 0 Å². The zero-order chi connectivity index (χ0) is 47.6. The summed E-state index contributed by atoms with van der Waals surface area (Å²) in [6.45, 7) is 1.27. The molecule has 3 heterocycles. The van der Waals surface area contributed by atoms with E-state index in [4.69, 9.17) is 52.1 Å². The van der Waals surface area contributed by atoms with E-state index in [2.05, 4.69) is 5.32 Å². The SMILES string of the molecule is CO[C@H]1O[C@@H]2COC(c3ccccc3)O[C@H]2[C@H](OC/C=C/C[C@@H](O)C[C@H]2O[C@H](OC)[C@H](OCc3ccccc3)[C@@H](OCc3ccccc3)[C@@H]2OCc2ccccc2)[C@H]1NC(=O)OCc1ccccc1. The number of fused-ring (bicyclic) bond motifs is 1. The Morgan fingerprint density at radius 2 is 1.13 bits per heavy atom. The third-order valence-corrected chi connectivity index (χ3v) is 12.3. The van der Waals surface area contributed by atoms with Crippen LogP contribution in [0.5, 0.6) is 0 Å². The fourth-order valence-electron chi connectivity index (χ4n) is 8.78. The molecule has 0 aromatic heterocycles. The summed E-state index contributed by atoms with van der Waals surface area (Å²) >= 11 is 0. The van der Waals surface area contributed by atoms with Crippen LogP contribution in [0, 0.1) is 0 Å². The number of carbonyl (C=O) groups is 1. The molecule has 5 aromatic carbocycles. The number of amides is 1. The van der Waals surface area contributed by atoms with Gasteiger partial charge in [0.25, 0.3) is 0 Å². The largest absolute Gasteiger partial charge is 0.445 e. The monoisotopic (exact) mass is 945 g/mol. The smallest absolute Gasteiger partial charge is 0.407 e. The molecule has 3 aliphatic rings. The van der Waals surface area contributed by atoms with Crippen molar-refractivity contribution in [3.05, 3.63) is 192 Å². The van der Waals surface area contributed by atoms with Crippen LogP contribution in [0.15, 0.2) is 164 Å². The van der Waals surface area contributed by atoms with E-state index < -0.39 is 79.8 Å². The maximum Gasteiger partial charge on any atom is 0.407 e. The van der Waals surface area contributed by atoms with Gasteiger partial charge in [-0.05, 0) is 28.7 Å². The van der Waals surface area contributed by atoms with Crippen LogP contribution in [0.4, 0.5) is 4.79 Å².